The molecule has 0 radical (unpaired) electrons. The maximum absolute atomic E-state index is 12.9. The fourth-order valence-corrected chi connectivity index (χ4v) is 4.89. The van der Waals surface area contributed by atoms with Crippen molar-refractivity contribution in [1.29, 1.82) is 0 Å². The van der Waals surface area contributed by atoms with Gasteiger partial charge in [-0.05, 0) is 52.5 Å². The molecule has 2 aliphatic rings. The first-order valence-corrected chi connectivity index (χ1v) is 10.5. The van der Waals surface area contributed by atoms with Gasteiger partial charge in [0.05, 0.1) is 12.6 Å². The lowest BCUT2D eigenvalue weighted by molar-refractivity contribution is -0.138. The van der Waals surface area contributed by atoms with Gasteiger partial charge in [-0.1, -0.05) is 13.8 Å². The Morgan fingerprint density at radius 1 is 1.22 bits per heavy atom. The zero-order valence-electron chi connectivity index (χ0n) is 17.4. The molecule has 1 aliphatic heterocycles. The SMILES string of the molecule is CCOC1CC(NC(=O)N2CCCC(N(C)CC(=O)O)CC2)C1(CC)CC. The Hall–Kier alpha value is -1.34. The van der Waals surface area contributed by atoms with E-state index >= 15 is 0 Å². The number of urea groups is 1. The molecule has 7 heteroatoms. The highest BCUT2D eigenvalue weighted by Gasteiger charge is 2.54. The molecule has 1 heterocycles. The molecule has 0 aromatic rings. The van der Waals surface area contributed by atoms with Gasteiger partial charge < -0.3 is 20.1 Å². The van der Waals surface area contributed by atoms with E-state index in [-0.39, 0.29) is 36.2 Å². The largest absolute Gasteiger partial charge is 0.480 e. The van der Waals surface area contributed by atoms with Crippen molar-refractivity contribution >= 4 is 12.0 Å². The summed E-state index contributed by atoms with van der Waals surface area (Å²) in [6, 6.07) is 0.406. The molecule has 0 spiro atoms. The number of likely N-dealkylation sites (N-methyl/N-ethyl adjacent to an activating group) is 1. The van der Waals surface area contributed by atoms with Crippen LogP contribution in [0.2, 0.25) is 0 Å². The summed E-state index contributed by atoms with van der Waals surface area (Å²) in [7, 11) is 1.85. The molecule has 1 aliphatic carbocycles. The number of hydrogen-bond acceptors (Lipinski definition) is 4. The number of nitrogens with zero attached hydrogens (tertiary/aromatic N) is 2. The Labute approximate surface area is 163 Å². The standard InChI is InChI=1S/C20H37N3O4/c1-5-20(6-2)16(13-17(20)27-7-3)21-19(26)23-11-8-9-15(10-12-23)22(4)14-18(24)25/h15-17H,5-14H2,1-4H3,(H,21,26)(H,24,25). The molecule has 0 aromatic carbocycles. The number of rotatable bonds is 8. The van der Waals surface area contributed by atoms with Gasteiger partial charge in [-0.15, -0.1) is 0 Å². The normalized spacial score (nSPS) is 27.7. The Kier molecular flexibility index (Phi) is 7.91. The first kappa shape index (κ1) is 22.0. The minimum atomic E-state index is -0.805. The molecule has 0 aromatic heterocycles. The van der Waals surface area contributed by atoms with Gasteiger partial charge >= 0.3 is 12.0 Å². The van der Waals surface area contributed by atoms with E-state index in [9.17, 15) is 9.59 Å². The van der Waals surface area contributed by atoms with E-state index in [0.29, 0.717) is 13.2 Å². The Morgan fingerprint density at radius 3 is 2.52 bits per heavy atom. The predicted molar refractivity (Wildman–Crippen MR) is 105 cm³/mol. The van der Waals surface area contributed by atoms with Crippen molar-refractivity contribution in [1.82, 2.24) is 15.1 Å². The highest BCUT2D eigenvalue weighted by molar-refractivity contribution is 5.75. The second kappa shape index (κ2) is 9.73. The Morgan fingerprint density at radius 2 is 1.93 bits per heavy atom. The molecule has 1 saturated heterocycles. The number of amides is 2. The predicted octanol–water partition coefficient (Wildman–Crippen LogP) is 2.55. The molecule has 156 valence electrons. The molecule has 7 nitrogen and oxygen atoms in total. The summed E-state index contributed by atoms with van der Waals surface area (Å²) < 4.78 is 5.91. The zero-order chi connectivity index (χ0) is 20.0. The van der Waals surface area contributed by atoms with Crippen LogP contribution < -0.4 is 5.32 Å². The number of nitrogens with one attached hydrogen (secondary N) is 1. The van der Waals surface area contributed by atoms with Gasteiger partial charge in [-0.3, -0.25) is 9.69 Å². The van der Waals surface area contributed by atoms with Crippen LogP contribution in [0.3, 0.4) is 0 Å². The molecule has 27 heavy (non-hydrogen) atoms. The summed E-state index contributed by atoms with van der Waals surface area (Å²) in [5.41, 5.74) is 0.0434. The second-order valence-corrected chi connectivity index (χ2v) is 8.00. The van der Waals surface area contributed by atoms with Gasteiger partial charge in [0.25, 0.3) is 0 Å². The van der Waals surface area contributed by atoms with Crippen molar-refractivity contribution in [3.8, 4) is 0 Å². The number of hydrogen-bond donors (Lipinski definition) is 2. The van der Waals surface area contributed by atoms with Gasteiger partial charge in [-0.2, -0.15) is 0 Å². The van der Waals surface area contributed by atoms with E-state index < -0.39 is 5.97 Å². The molecule has 2 amide bonds. The van der Waals surface area contributed by atoms with Gasteiger partial charge in [0.15, 0.2) is 0 Å². The molecule has 1 saturated carbocycles. The number of aliphatic carboxylic acids is 1. The molecule has 0 bridgehead atoms. The molecule has 2 fully saturated rings. The van der Waals surface area contributed by atoms with Gasteiger partial charge in [0.1, 0.15) is 0 Å². The van der Waals surface area contributed by atoms with Crippen LogP contribution in [0, 0.1) is 5.41 Å². The summed E-state index contributed by atoms with van der Waals surface area (Å²) in [6.07, 6.45) is 5.77. The first-order valence-electron chi connectivity index (χ1n) is 10.5. The number of carboxylic acids is 1. The van der Waals surface area contributed by atoms with Crippen LogP contribution >= 0.6 is 0 Å². The lowest BCUT2D eigenvalue weighted by atomic mass is 9.58. The monoisotopic (exact) mass is 383 g/mol. The average molecular weight is 384 g/mol. The quantitative estimate of drug-likeness (QED) is 0.673. The van der Waals surface area contributed by atoms with Crippen molar-refractivity contribution in [2.45, 2.75) is 77.5 Å². The van der Waals surface area contributed by atoms with Crippen molar-refractivity contribution in [3.05, 3.63) is 0 Å². The zero-order valence-corrected chi connectivity index (χ0v) is 17.4. The van der Waals surface area contributed by atoms with Crippen molar-refractivity contribution in [3.63, 3.8) is 0 Å². The summed E-state index contributed by atoms with van der Waals surface area (Å²) in [5, 5.41) is 12.3. The summed E-state index contributed by atoms with van der Waals surface area (Å²) in [5.74, 6) is -0.805. The highest BCUT2D eigenvalue weighted by atomic mass is 16.5. The number of likely N-dealkylation sites (tertiary alicyclic amines) is 1. The van der Waals surface area contributed by atoms with E-state index in [4.69, 9.17) is 9.84 Å². The topological polar surface area (TPSA) is 82.1 Å². The van der Waals surface area contributed by atoms with Crippen molar-refractivity contribution < 1.29 is 19.4 Å². The molecule has 3 unspecified atom stereocenters. The lowest BCUT2D eigenvalue weighted by Crippen LogP contribution is -2.65. The summed E-state index contributed by atoms with van der Waals surface area (Å²) in [6.45, 7) is 8.56. The van der Waals surface area contributed by atoms with Crippen LogP contribution in [0.1, 0.15) is 59.3 Å². The van der Waals surface area contributed by atoms with E-state index in [1.165, 1.54) is 0 Å². The number of carbonyl (C=O) groups is 2. The summed E-state index contributed by atoms with van der Waals surface area (Å²) in [4.78, 5) is 27.6. The summed E-state index contributed by atoms with van der Waals surface area (Å²) >= 11 is 0. The fourth-order valence-electron chi connectivity index (χ4n) is 4.89. The van der Waals surface area contributed by atoms with Crippen molar-refractivity contribution in [2.24, 2.45) is 5.41 Å². The van der Waals surface area contributed by atoms with Gasteiger partial charge in [-0.25, -0.2) is 4.79 Å². The van der Waals surface area contributed by atoms with E-state index in [1.807, 2.05) is 23.8 Å². The Balaban J connectivity index is 1.90. The number of ether oxygens (including phenoxy) is 1. The van der Waals surface area contributed by atoms with Crippen LogP contribution in [-0.2, 0) is 9.53 Å². The second-order valence-electron chi connectivity index (χ2n) is 8.00. The lowest BCUT2D eigenvalue weighted by Gasteiger charge is -2.55. The van der Waals surface area contributed by atoms with Crippen LogP contribution in [0.25, 0.3) is 0 Å². The van der Waals surface area contributed by atoms with E-state index in [1.54, 1.807) is 0 Å². The molecule has 2 rings (SSSR count). The van der Waals surface area contributed by atoms with Gasteiger partial charge in [0.2, 0.25) is 0 Å². The third-order valence-corrected chi connectivity index (χ3v) is 6.76. The van der Waals surface area contributed by atoms with Crippen LogP contribution in [0.4, 0.5) is 4.79 Å². The molecular weight excluding hydrogens is 346 g/mol. The Bertz CT molecular complexity index is 509. The molecule has 3 atom stereocenters. The molecular formula is C20H37N3O4. The number of carbonyl (C=O) groups excluding carboxylic acids is 1. The average Bonchev–Trinajstić information content (AvgIpc) is 2.87. The highest BCUT2D eigenvalue weighted by Crippen LogP contribution is 2.49. The minimum Gasteiger partial charge on any atom is -0.480 e. The fraction of sp³-hybridized carbons (Fsp3) is 0.900. The third kappa shape index (κ3) is 4.93. The molecule has 2 N–H and O–H groups in total. The van der Waals surface area contributed by atoms with Gasteiger partial charge in [0, 0.05) is 37.2 Å². The minimum absolute atomic E-state index is 0.0164. The van der Waals surface area contributed by atoms with E-state index in [0.717, 1.165) is 45.1 Å². The van der Waals surface area contributed by atoms with Crippen LogP contribution in [0.15, 0.2) is 0 Å². The van der Waals surface area contributed by atoms with Crippen LogP contribution in [-0.4, -0.2) is 78.4 Å². The third-order valence-electron chi connectivity index (χ3n) is 6.76. The smallest absolute Gasteiger partial charge is 0.317 e. The maximum Gasteiger partial charge on any atom is 0.317 e. The maximum atomic E-state index is 12.9. The van der Waals surface area contributed by atoms with E-state index in [2.05, 4.69) is 19.2 Å². The first-order chi connectivity index (χ1) is 12.9. The van der Waals surface area contributed by atoms with Crippen molar-refractivity contribution in [2.75, 3.05) is 33.3 Å². The van der Waals surface area contributed by atoms with Crippen LogP contribution in [0.5, 0.6) is 0 Å². The number of carboxylic acid groups (broad SMARTS) is 1.